The lowest BCUT2D eigenvalue weighted by atomic mass is 10.2. The molecule has 20 heavy (non-hydrogen) atoms. The van der Waals surface area contributed by atoms with Crippen LogP contribution in [0.5, 0.6) is 0 Å². The van der Waals surface area contributed by atoms with Crippen LogP contribution in [0.25, 0.3) is 0 Å². The summed E-state index contributed by atoms with van der Waals surface area (Å²) >= 11 is 2.11. The molecular formula is C13H9INO4S-. The maximum atomic E-state index is 12.1. The molecule has 0 bridgehead atoms. The van der Waals surface area contributed by atoms with Crippen molar-refractivity contribution >= 4 is 44.3 Å². The average Bonchev–Trinajstić information content (AvgIpc) is 2.41. The van der Waals surface area contributed by atoms with E-state index >= 15 is 0 Å². The molecule has 0 saturated carbocycles. The maximum absolute atomic E-state index is 12.1. The van der Waals surface area contributed by atoms with Crippen LogP contribution in [0, 0.1) is 3.57 Å². The van der Waals surface area contributed by atoms with Crippen molar-refractivity contribution in [1.29, 1.82) is 0 Å². The number of nitrogens with one attached hydrogen (secondary N) is 1. The zero-order chi connectivity index (χ0) is 14.8. The van der Waals surface area contributed by atoms with Crippen molar-refractivity contribution in [2.75, 3.05) is 4.72 Å². The van der Waals surface area contributed by atoms with Crippen LogP contribution in [0.2, 0.25) is 0 Å². The molecular weight excluding hydrogens is 393 g/mol. The van der Waals surface area contributed by atoms with Gasteiger partial charge in [0.1, 0.15) is 0 Å². The predicted octanol–water partition coefficient (Wildman–Crippen LogP) is 1.46. The fourth-order valence-corrected chi connectivity index (χ4v) is 2.99. The Morgan fingerprint density at radius 1 is 1.10 bits per heavy atom. The Balaban J connectivity index is 2.33. The summed E-state index contributed by atoms with van der Waals surface area (Å²) in [5.41, 5.74) is 0.222. The van der Waals surface area contributed by atoms with Crippen molar-refractivity contribution in [3.8, 4) is 0 Å². The lowest BCUT2D eigenvalue weighted by Crippen LogP contribution is -2.23. The van der Waals surface area contributed by atoms with Crippen molar-refractivity contribution in [3.05, 3.63) is 57.7 Å². The van der Waals surface area contributed by atoms with Crippen LogP contribution >= 0.6 is 22.6 Å². The summed E-state index contributed by atoms with van der Waals surface area (Å²) in [7, 11) is -3.83. The Kier molecular flexibility index (Phi) is 4.29. The molecule has 2 aromatic rings. The van der Waals surface area contributed by atoms with Crippen LogP contribution in [0.15, 0.2) is 53.4 Å². The van der Waals surface area contributed by atoms with Crippen LogP contribution in [-0.2, 0) is 10.0 Å². The largest absolute Gasteiger partial charge is 0.545 e. The zero-order valence-corrected chi connectivity index (χ0v) is 13.0. The van der Waals surface area contributed by atoms with Crippen molar-refractivity contribution < 1.29 is 18.3 Å². The van der Waals surface area contributed by atoms with Gasteiger partial charge in [-0.25, -0.2) is 8.42 Å². The summed E-state index contributed by atoms with van der Waals surface area (Å²) in [5.74, 6) is -1.42. The molecule has 104 valence electrons. The molecule has 0 fully saturated rings. The Bertz CT molecular complexity index is 741. The van der Waals surface area contributed by atoms with Gasteiger partial charge in [-0.1, -0.05) is 12.1 Å². The van der Waals surface area contributed by atoms with E-state index < -0.39 is 16.0 Å². The van der Waals surface area contributed by atoms with E-state index in [0.717, 1.165) is 9.64 Å². The first-order valence-corrected chi connectivity index (χ1v) is 8.04. The third-order valence-corrected chi connectivity index (χ3v) is 4.57. The quantitative estimate of drug-likeness (QED) is 0.785. The molecule has 2 rings (SSSR count). The molecule has 2 aromatic carbocycles. The van der Waals surface area contributed by atoms with E-state index in [4.69, 9.17) is 0 Å². The summed E-state index contributed by atoms with van der Waals surface area (Å²) < 4.78 is 27.6. The Morgan fingerprint density at radius 2 is 1.75 bits per heavy atom. The number of benzene rings is 2. The highest BCUT2D eigenvalue weighted by atomic mass is 127. The molecule has 0 aliphatic heterocycles. The molecule has 0 saturated heterocycles. The van der Waals surface area contributed by atoms with Crippen LogP contribution in [-0.4, -0.2) is 14.4 Å². The number of hydrogen-bond donors (Lipinski definition) is 1. The van der Waals surface area contributed by atoms with E-state index in [9.17, 15) is 18.3 Å². The van der Waals surface area contributed by atoms with Gasteiger partial charge in [-0.3, -0.25) is 4.72 Å². The predicted molar refractivity (Wildman–Crippen MR) is 80.7 cm³/mol. The molecule has 0 spiro atoms. The van der Waals surface area contributed by atoms with Crippen molar-refractivity contribution in [1.82, 2.24) is 0 Å². The maximum Gasteiger partial charge on any atom is 0.261 e. The molecule has 0 unspecified atom stereocenters. The summed E-state index contributed by atoms with van der Waals surface area (Å²) in [5, 5.41) is 10.7. The van der Waals surface area contributed by atoms with Crippen LogP contribution in [0.3, 0.4) is 0 Å². The van der Waals surface area contributed by atoms with Crippen LogP contribution in [0.4, 0.5) is 5.69 Å². The Morgan fingerprint density at radius 3 is 2.35 bits per heavy atom. The number of carbonyl (C=O) groups is 1. The molecule has 7 heteroatoms. The Labute approximate surface area is 129 Å². The number of carboxylic acid groups (broad SMARTS) is 1. The third kappa shape index (κ3) is 3.48. The fourth-order valence-electron chi connectivity index (χ4n) is 1.52. The second-order valence-electron chi connectivity index (χ2n) is 3.93. The third-order valence-electron chi connectivity index (χ3n) is 2.48. The monoisotopic (exact) mass is 402 g/mol. The van der Waals surface area contributed by atoms with Gasteiger partial charge in [0, 0.05) is 9.26 Å². The van der Waals surface area contributed by atoms with Gasteiger partial charge in [0.05, 0.1) is 10.9 Å². The lowest BCUT2D eigenvalue weighted by Gasteiger charge is -2.10. The number of carboxylic acids is 1. The van der Waals surface area contributed by atoms with Gasteiger partial charge in [-0.15, -0.1) is 0 Å². The fraction of sp³-hybridized carbons (Fsp3) is 0. The lowest BCUT2D eigenvalue weighted by molar-refractivity contribution is -0.255. The summed E-state index contributed by atoms with van der Waals surface area (Å²) in [6.07, 6.45) is 0. The molecule has 5 nitrogen and oxygen atoms in total. The minimum Gasteiger partial charge on any atom is -0.545 e. The van der Waals surface area contributed by atoms with Crippen LogP contribution in [0.1, 0.15) is 10.4 Å². The van der Waals surface area contributed by atoms with E-state index in [2.05, 4.69) is 27.3 Å². The zero-order valence-electron chi connectivity index (χ0n) is 10.0. The topological polar surface area (TPSA) is 86.3 Å². The van der Waals surface area contributed by atoms with E-state index in [1.807, 2.05) is 0 Å². The first kappa shape index (κ1) is 14.8. The molecule has 0 aliphatic carbocycles. The smallest absolute Gasteiger partial charge is 0.261 e. The minimum atomic E-state index is -3.83. The first-order chi connectivity index (χ1) is 9.38. The molecule has 0 heterocycles. The number of sulfonamides is 1. The van der Waals surface area contributed by atoms with E-state index in [-0.39, 0.29) is 10.5 Å². The number of hydrogen-bond acceptors (Lipinski definition) is 4. The molecule has 0 atom stereocenters. The second-order valence-corrected chi connectivity index (χ2v) is 6.86. The normalized spacial score (nSPS) is 11.1. The van der Waals surface area contributed by atoms with E-state index in [0.29, 0.717) is 5.69 Å². The minimum absolute atomic E-state index is 0.127. The number of aromatic carboxylic acids is 1. The van der Waals surface area contributed by atoms with Gasteiger partial charge in [0.25, 0.3) is 10.0 Å². The van der Waals surface area contributed by atoms with E-state index in [1.165, 1.54) is 18.2 Å². The van der Waals surface area contributed by atoms with Gasteiger partial charge in [0.15, 0.2) is 0 Å². The molecule has 0 amide bonds. The van der Waals surface area contributed by atoms with Gasteiger partial charge >= 0.3 is 0 Å². The van der Waals surface area contributed by atoms with Crippen LogP contribution < -0.4 is 9.83 Å². The number of rotatable bonds is 4. The highest BCUT2D eigenvalue weighted by Crippen LogP contribution is 2.18. The SMILES string of the molecule is O=C([O-])c1cccc(S(=O)(=O)Nc2ccc(I)cc2)c1. The van der Waals surface area contributed by atoms with Gasteiger partial charge in [-0.05, 0) is 64.6 Å². The average molecular weight is 402 g/mol. The summed E-state index contributed by atoms with van der Waals surface area (Å²) in [4.78, 5) is 10.6. The first-order valence-electron chi connectivity index (χ1n) is 5.48. The highest BCUT2D eigenvalue weighted by Gasteiger charge is 2.14. The molecule has 0 radical (unpaired) electrons. The van der Waals surface area contributed by atoms with Gasteiger partial charge in [0.2, 0.25) is 0 Å². The number of halogens is 1. The standard InChI is InChI=1S/C13H10INO4S/c14-10-4-6-11(7-5-10)15-20(18,19)12-3-1-2-9(8-12)13(16)17/h1-8,15H,(H,16,17)/p-1. The van der Waals surface area contributed by atoms with Gasteiger partial charge < -0.3 is 9.90 Å². The highest BCUT2D eigenvalue weighted by molar-refractivity contribution is 14.1. The second kappa shape index (κ2) is 5.80. The molecule has 1 N–H and O–H groups in total. The number of anilines is 1. The van der Waals surface area contributed by atoms with Crippen molar-refractivity contribution in [2.45, 2.75) is 4.90 Å². The Hall–Kier alpha value is -1.61. The van der Waals surface area contributed by atoms with Crippen molar-refractivity contribution in [3.63, 3.8) is 0 Å². The van der Waals surface area contributed by atoms with E-state index in [1.54, 1.807) is 24.3 Å². The number of carbonyl (C=O) groups excluding carboxylic acids is 1. The molecule has 0 aliphatic rings. The molecule has 0 aromatic heterocycles. The van der Waals surface area contributed by atoms with Crippen molar-refractivity contribution in [2.24, 2.45) is 0 Å². The summed E-state index contributed by atoms with van der Waals surface area (Å²) in [6.45, 7) is 0. The summed E-state index contributed by atoms with van der Waals surface area (Å²) in [6, 6.07) is 11.8. The van der Waals surface area contributed by atoms with Gasteiger partial charge in [-0.2, -0.15) is 0 Å².